The van der Waals surface area contributed by atoms with Crippen LogP contribution in [0.4, 0.5) is 0 Å². The molecular weight excluding hydrogens is 260 g/mol. The highest BCUT2D eigenvalue weighted by molar-refractivity contribution is 5.69. The van der Waals surface area contributed by atoms with Gasteiger partial charge in [-0.15, -0.1) is 13.2 Å². The first kappa shape index (κ1) is 22.2. The van der Waals surface area contributed by atoms with Crippen LogP contribution in [0.5, 0.6) is 0 Å². The third-order valence-corrected chi connectivity index (χ3v) is 3.41. The van der Waals surface area contributed by atoms with E-state index in [2.05, 4.69) is 46.1 Å². The minimum Gasteiger partial charge on any atom is -0.462 e. The number of allylic oxidation sites excluding steroid dienone is 2. The molecule has 0 heterocycles. The lowest BCUT2D eigenvalue weighted by molar-refractivity contribution is -0.150. The zero-order valence-corrected chi connectivity index (χ0v) is 14.7. The van der Waals surface area contributed by atoms with Crippen LogP contribution in [0.25, 0.3) is 0 Å². The van der Waals surface area contributed by atoms with Crippen LogP contribution in [0.3, 0.4) is 0 Å². The second-order valence-electron chi connectivity index (χ2n) is 5.63. The number of hydrogen-bond acceptors (Lipinski definition) is 2. The van der Waals surface area contributed by atoms with Gasteiger partial charge in [0.05, 0.1) is 0 Å². The molecule has 21 heavy (non-hydrogen) atoms. The Hall–Kier alpha value is -1.05. The smallest absolute Gasteiger partial charge is 0.306 e. The van der Waals surface area contributed by atoms with Gasteiger partial charge in [0.1, 0.15) is 6.10 Å². The van der Waals surface area contributed by atoms with Crippen LogP contribution in [-0.4, -0.2) is 12.1 Å². The van der Waals surface area contributed by atoms with Gasteiger partial charge in [0.15, 0.2) is 0 Å². The van der Waals surface area contributed by atoms with E-state index in [1.807, 2.05) is 6.92 Å². The van der Waals surface area contributed by atoms with E-state index >= 15 is 0 Å². The highest BCUT2D eigenvalue weighted by atomic mass is 16.5. The number of ether oxygens (including phenoxy) is 1. The summed E-state index contributed by atoms with van der Waals surface area (Å²) in [5.74, 6) is 0.368. The lowest BCUT2D eigenvalue weighted by Crippen LogP contribution is -2.19. The number of carbonyl (C=O) groups is 1. The third kappa shape index (κ3) is 16.9. The Bertz CT molecular complexity index is 256. The van der Waals surface area contributed by atoms with Crippen molar-refractivity contribution in [3.8, 4) is 0 Å². The fourth-order valence-electron chi connectivity index (χ4n) is 1.75. The Balaban J connectivity index is 0. The molecule has 0 aliphatic rings. The summed E-state index contributed by atoms with van der Waals surface area (Å²) in [6.07, 6.45) is 13.3. The van der Waals surface area contributed by atoms with Crippen molar-refractivity contribution >= 4 is 5.97 Å². The molecule has 2 heteroatoms. The second-order valence-corrected chi connectivity index (χ2v) is 5.63. The zero-order chi connectivity index (χ0) is 16.5. The van der Waals surface area contributed by atoms with E-state index in [1.54, 1.807) is 0 Å². The molecule has 0 saturated heterocycles. The van der Waals surface area contributed by atoms with E-state index in [9.17, 15) is 4.79 Å². The Labute approximate surface area is 132 Å². The lowest BCUT2D eigenvalue weighted by Gasteiger charge is -2.16. The molecule has 0 aromatic rings. The van der Waals surface area contributed by atoms with Gasteiger partial charge in [-0.3, -0.25) is 4.79 Å². The summed E-state index contributed by atoms with van der Waals surface area (Å²) in [6, 6.07) is 0. The van der Waals surface area contributed by atoms with Crippen LogP contribution in [0.15, 0.2) is 25.3 Å². The molecule has 0 rings (SSSR count). The van der Waals surface area contributed by atoms with Gasteiger partial charge in [-0.05, 0) is 38.5 Å². The highest BCUT2D eigenvalue weighted by Gasteiger charge is 2.12. The monoisotopic (exact) mass is 296 g/mol. The second kappa shape index (κ2) is 17.0. The SMILES string of the molecule is C=C.CC/C=C/CCCCCCCC(=O)OC(C)C(C)C. The standard InChI is InChI=1S/C17H32O2.C2H4/c1-5-6-7-8-9-10-11-12-13-14-17(18)19-16(4)15(2)3;1-2/h6-7,15-16H,5,8-14H2,1-4H3;1-2H2/b7-6+;. The van der Waals surface area contributed by atoms with Crippen molar-refractivity contribution < 1.29 is 9.53 Å². The highest BCUT2D eigenvalue weighted by Crippen LogP contribution is 2.11. The van der Waals surface area contributed by atoms with Gasteiger partial charge in [-0.2, -0.15) is 0 Å². The molecule has 0 amide bonds. The Morgan fingerprint density at radius 3 is 2.14 bits per heavy atom. The predicted octanol–water partition coefficient (Wildman–Crippen LogP) is 6.07. The minimum atomic E-state index is -0.0351. The summed E-state index contributed by atoms with van der Waals surface area (Å²) >= 11 is 0. The first-order chi connectivity index (χ1) is 10.1. The molecular formula is C19H36O2. The van der Waals surface area contributed by atoms with Gasteiger partial charge >= 0.3 is 5.97 Å². The fraction of sp³-hybridized carbons (Fsp3) is 0.737. The Kier molecular flexibility index (Phi) is 18.0. The molecule has 1 atom stereocenters. The molecule has 0 bridgehead atoms. The molecule has 1 unspecified atom stereocenters. The molecule has 0 N–H and O–H groups in total. The summed E-state index contributed by atoms with van der Waals surface area (Å²) in [7, 11) is 0. The molecule has 0 aliphatic carbocycles. The van der Waals surface area contributed by atoms with Crippen molar-refractivity contribution in [3.63, 3.8) is 0 Å². The first-order valence-electron chi connectivity index (χ1n) is 8.42. The van der Waals surface area contributed by atoms with E-state index in [0.717, 1.165) is 19.3 Å². The van der Waals surface area contributed by atoms with E-state index in [0.29, 0.717) is 12.3 Å². The van der Waals surface area contributed by atoms with Crippen LogP contribution in [0, 0.1) is 5.92 Å². The molecule has 0 radical (unpaired) electrons. The van der Waals surface area contributed by atoms with E-state index < -0.39 is 0 Å². The maximum Gasteiger partial charge on any atom is 0.306 e. The van der Waals surface area contributed by atoms with Crippen LogP contribution in [-0.2, 0) is 9.53 Å². The van der Waals surface area contributed by atoms with Gasteiger partial charge in [0, 0.05) is 6.42 Å². The molecule has 0 spiro atoms. The van der Waals surface area contributed by atoms with E-state index in [1.165, 1.54) is 25.7 Å². The molecule has 0 aromatic heterocycles. The maximum absolute atomic E-state index is 11.5. The average molecular weight is 296 g/mol. The van der Waals surface area contributed by atoms with Crippen LogP contribution in [0.1, 0.15) is 79.1 Å². The van der Waals surface area contributed by atoms with E-state index in [4.69, 9.17) is 4.74 Å². The molecule has 0 aromatic carbocycles. The predicted molar refractivity (Wildman–Crippen MR) is 93.4 cm³/mol. The van der Waals surface area contributed by atoms with Crippen molar-refractivity contribution in [2.75, 3.05) is 0 Å². The maximum atomic E-state index is 11.5. The largest absolute Gasteiger partial charge is 0.462 e. The van der Waals surface area contributed by atoms with Crippen molar-refractivity contribution in [1.82, 2.24) is 0 Å². The third-order valence-electron chi connectivity index (χ3n) is 3.41. The number of hydrogen-bond donors (Lipinski definition) is 0. The molecule has 0 aliphatic heterocycles. The van der Waals surface area contributed by atoms with Gasteiger partial charge in [-0.1, -0.05) is 52.2 Å². The van der Waals surface area contributed by atoms with Gasteiger partial charge < -0.3 is 4.74 Å². The molecule has 124 valence electrons. The molecule has 0 fully saturated rings. The summed E-state index contributed by atoms with van der Waals surface area (Å²) in [5, 5.41) is 0. The van der Waals surface area contributed by atoms with Crippen molar-refractivity contribution in [2.24, 2.45) is 5.92 Å². The van der Waals surface area contributed by atoms with Crippen molar-refractivity contribution in [2.45, 2.75) is 85.2 Å². The van der Waals surface area contributed by atoms with Crippen molar-refractivity contribution in [1.29, 1.82) is 0 Å². The van der Waals surface area contributed by atoms with Gasteiger partial charge in [0.25, 0.3) is 0 Å². The average Bonchev–Trinajstić information content (AvgIpc) is 2.47. The van der Waals surface area contributed by atoms with Crippen LogP contribution >= 0.6 is 0 Å². The summed E-state index contributed by atoms with van der Waals surface area (Å²) < 4.78 is 5.34. The Morgan fingerprint density at radius 2 is 1.57 bits per heavy atom. The number of rotatable bonds is 11. The minimum absolute atomic E-state index is 0.0351. The topological polar surface area (TPSA) is 26.3 Å². The van der Waals surface area contributed by atoms with Gasteiger partial charge in [-0.25, -0.2) is 0 Å². The summed E-state index contributed by atoms with van der Waals surface area (Å²) in [6.45, 7) is 14.3. The Morgan fingerprint density at radius 1 is 1.00 bits per heavy atom. The molecule has 0 saturated carbocycles. The number of unbranched alkanes of at least 4 members (excludes halogenated alkanes) is 5. The first-order valence-corrected chi connectivity index (χ1v) is 8.42. The molecule has 2 nitrogen and oxygen atoms in total. The summed E-state index contributed by atoms with van der Waals surface area (Å²) in [4.78, 5) is 11.5. The quantitative estimate of drug-likeness (QED) is 0.262. The zero-order valence-electron chi connectivity index (χ0n) is 14.7. The fourth-order valence-corrected chi connectivity index (χ4v) is 1.75. The lowest BCUT2D eigenvalue weighted by atomic mass is 10.1. The van der Waals surface area contributed by atoms with Crippen LogP contribution < -0.4 is 0 Å². The number of carbonyl (C=O) groups excluding carboxylic acids is 1. The van der Waals surface area contributed by atoms with Crippen molar-refractivity contribution in [3.05, 3.63) is 25.3 Å². The van der Waals surface area contributed by atoms with Gasteiger partial charge in [0.2, 0.25) is 0 Å². The van der Waals surface area contributed by atoms with Crippen LogP contribution in [0.2, 0.25) is 0 Å². The summed E-state index contributed by atoms with van der Waals surface area (Å²) in [5.41, 5.74) is 0. The normalized spacial score (nSPS) is 12.0. The van der Waals surface area contributed by atoms with E-state index in [-0.39, 0.29) is 12.1 Å². The number of esters is 1.